The summed E-state index contributed by atoms with van der Waals surface area (Å²) in [6.45, 7) is -0.0463. The molecular formula is C17H17ClF3N3O2. The molecule has 0 N–H and O–H groups in total. The van der Waals surface area contributed by atoms with Gasteiger partial charge in [0.05, 0.1) is 12.0 Å². The maximum absolute atomic E-state index is 12.9. The van der Waals surface area contributed by atoms with Crippen molar-refractivity contribution in [3.8, 4) is 11.7 Å². The number of carbonyl (C=O) groups excluding carboxylic acids is 1. The van der Waals surface area contributed by atoms with Gasteiger partial charge in [-0.05, 0) is 37.3 Å². The molecule has 5 nitrogen and oxygen atoms in total. The fourth-order valence-corrected chi connectivity index (χ4v) is 2.91. The third-order valence-corrected chi connectivity index (χ3v) is 4.85. The van der Waals surface area contributed by atoms with Crippen LogP contribution in [0.25, 0.3) is 5.82 Å². The van der Waals surface area contributed by atoms with E-state index in [2.05, 4.69) is 10.1 Å². The molecule has 2 aromatic rings. The Labute approximate surface area is 153 Å². The Morgan fingerprint density at radius 2 is 2.08 bits per heavy atom. The molecule has 1 aliphatic carbocycles. The molecule has 0 amide bonds. The fourth-order valence-electron chi connectivity index (χ4n) is 2.67. The molecule has 0 radical (unpaired) electrons. The quantitative estimate of drug-likeness (QED) is 0.504. The molecular weight excluding hydrogens is 371 g/mol. The molecule has 0 atom stereocenters. The van der Waals surface area contributed by atoms with Crippen molar-refractivity contribution in [3.05, 3.63) is 35.1 Å². The van der Waals surface area contributed by atoms with Crippen LogP contribution in [0.15, 0.2) is 24.4 Å². The first-order valence-electron chi connectivity index (χ1n) is 8.19. The standard InChI is InChI=1S/C17H17ClF3N3O2/c18-15-12(2-1-10-25)3-4-13(22-15)24-9-5-14(23-24)26-11-8-16(6-7-16)17(19,20)21/h3-5,9-10H,1-2,6-8,11H2. The van der Waals surface area contributed by atoms with Crippen molar-refractivity contribution in [1.29, 1.82) is 0 Å². The molecule has 140 valence electrons. The van der Waals surface area contributed by atoms with Crippen molar-refractivity contribution >= 4 is 17.9 Å². The van der Waals surface area contributed by atoms with Crippen LogP contribution in [0.5, 0.6) is 5.88 Å². The molecule has 2 aromatic heterocycles. The summed E-state index contributed by atoms with van der Waals surface area (Å²) < 4.78 is 45.4. The number of aldehydes is 1. The first-order valence-corrected chi connectivity index (χ1v) is 8.57. The normalized spacial score (nSPS) is 15.7. The van der Waals surface area contributed by atoms with Crippen LogP contribution < -0.4 is 4.74 Å². The number of rotatable bonds is 8. The van der Waals surface area contributed by atoms with E-state index in [4.69, 9.17) is 16.3 Å². The van der Waals surface area contributed by atoms with Crippen molar-refractivity contribution < 1.29 is 22.7 Å². The van der Waals surface area contributed by atoms with Gasteiger partial charge in [-0.1, -0.05) is 17.7 Å². The Bertz CT molecular complexity index is 788. The number of pyridine rings is 1. The number of alkyl halides is 3. The van der Waals surface area contributed by atoms with E-state index < -0.39 is 11.6 Å². The van der Waals surface area contributed by atoms with Gasteiger partial charge in [-0.3, -0.25) is 0 Å². The molecule has 0 bridgehead atoms. The molecule has 9 heteroatoms. The second kappa shape index (κ2) is 7.26. The van der Waals surface area contributed by atoms with Crippen LogP contribution in [0.4, 0.5) is 13.2 Å². The van der Waals surface area contributed by atoms with Crippen molar-refractivity contribution in [1.82, 2.24) is 14.8 Å². The second-order valence-electron chi connectivity index (χ2n) is 6.30. The van der Waals surface area contributed by atoms with Crippen LogP contribution in [0.1, 0.15) is 31.2 Å². The number of aryl methyl sites for hydroxylation is 1. The highest BCUT2D eigenvalue weighted by Gasteiger charge is 2.62. The maximum Gasteiger partial charge on any atom is 0.394 e. The van der Waals surface area contributed by atoms with E-state index in [-0.39, 0.29) is 36.9 Å². The van der Waals surface area contributed by atoms with E-state index in [1.807, 2.05) is 0 Å². The van der Waals surface area contributed by atoms with E-state index in [9.17, 15) is 18.0 Å². The highest BCUT2D eigenvalue weighted by atomic mass is 35.5. The van der Waals surface area contributed by atoms with Gasteiger partial charge in [0.15, 0.2) is 5.82 Å². The smallest absolute Gasteiger partial charge is 0.394 e. The third-order valence-electron chi connectivity index (χ3n) is 4.53. The van der Waals surface area contributed by atoms with Crippen LogP contribution in [-0.2, 0) is 11.2 Å². The molecule has 0 aliphatic heterocycles. The highest BCUT2D eigenvalue weighted by molar-refractivity contribution is 6.30. The minimum atomic E-state index is -4.18. The summed E-state index contributed by atoms with van der Waals surface area (Å²) in [4.78, 5) is 14.7. The van der Waals surface area contributed by atoms with Crippen LogP contribution in [0, 0.1) is 5.41 Å². The Kier molecular flexibility index (Phi) is 5.22. The van der Waals surface area contributed by atoms with E-state index in [1.54, 1.807) is 24.4 Å². The van der Waals surface area contributed by atoms with E-state index in [0.29, 0.717) is 18.7 Å². The van der Waals surface area contributed by atoms with Gasteiger partial charge in [-0.25, -0.2) is 9.67 Å². The molecule has 1 saturated carbocycles. The van der Waals surface area contributed by atoms with Gasteiger partial charge in [-0.15, -0.1) is 5.10 Å². The minimum absolute atomic E-state index is 0.0463. The van der Waals surface area contributed by atoms with Gasteiger partial charge in [0.1, 0.15) is 11.4 Å². The summed E-state index contributed by atoms with van der Waals surface area (Å²) in [7, 11) is 0. The molecule has 0 unspecified atom stereocenters. The van der Waals surface area contributed by atoms with Gasteiger partial charge in [-0.2, -0.15) is 13.2 Å². The topological polar surface area (TPSA) is 57.0 Å². The molecule has 0 spiro atoms. The Morgan fingerprint density at radius 3 is 2.69 bits per heavy atom. The summed E-state index contributed by atoms with van der Waals surface area (Å²) in [5.74, 6) is 0.680. The summed E-state index contributed by atoms with van der Waals surface area (Å²) >= 11 is 6.10. The fraction of sp³-hybridized carbons (Fsp3) is 0.471. The number of aromatic nitrogens is 3. The molecule has 1 fully saturated rings. The number of ether oxygens (including phenoxy) is 1. The predicted octanol–water partition coefficient (Wildman–Crippen LogP) is 4.16. The largest absolute Gasteiger partial charge is 0.477 e. The average Bonchev–Trinajstić information content (AvgIpc) is 3.24. The van der Waals surface area contributed by atoms with Crippen molar-refractivity contribution in [3.63, 3.8) is 0 Å². The SMILES string of the molecule is O=CCCc1ccc(-n2ccc(OCCC3(C(F)(F)F)CC3)n2)nc1Cl. The van der Waals surface area contributed by atoms with Crippen LogP contribution >= 0.6 is 11.6 Å². The first kappa shape index (κ1) is 18.7. The minimum Gasteiger partial charge on any atom is -0.477 e. The van der Waals surface area contributed by atoms with Gasteiger partial charge in [0, 0.05) is 18.7 Å². The number of halogens is 4. The summed E-state index contributed by atoms with van der Waals surface area (Å²) in [6, 6.07) is 5.02. The first-order chi connectivity index (χ1) is 12.3. The summed E-state index contributed by atoms with van der Waals surface area (Å²) in [6.07, 6.45) is -0.660. The zero-order valence-electron chi connectivity index (χ0n) is 13.8. The second-order valence-corrected chi connectivity index (χ2v) is 6.66. The Balaban J connectivity index is 1.59. The summed E-state index contributed by atoms with van der Waals surface area (Å²) in [5, 5.41) is 4.43. The molecule has 2 heterocycles. The lowest BCUT2D eigenvalue weighted by Crippen LogP contribution is -2.26. The third kappa shape index (κ3) is 4.00. The Morgan fingerprint density at radius 1 is 1.31 bits per heavy atom. The maximum atomic E-state index is 12.9. The zero-order valence-corrected chi connectivity index (χ0v) is 14.6. The van der Waals surface area contributed by atoms with Gasteiger partial charge in [0.25, 0.3) is 0 Å². The summed E-state index contributed by atoms with van der Waals surface area (Å²) in [5.41, 5.74) is -0.824. The number of hydrogen-bond acceptors (Lipinski definition) is 4. The number of carbonyl (C=O) groups is 1. The average molecular weight is 388 g/mol. The number of hydrogen-bond donors (Lipinski definition) is 0. The lowest BCUT2D eigenvalue weighted by Gasteiger charge is -2.18. The molecule has 1 aliphatic rings. The van der Waals surface area contributed by atoms with E-state index in [1.165, 1.54) is 4.68 Å². The molecule has 26 heavy (non-hydrogen) atoms. The van der Waals surface area contributed by atoms with Crippen LogP contribution in [0.3, 0.4) is 0 Å². The molecule has 0 aromatic carbocycles. The van der Waals surface area contributed by atoms with Crippen molar-refractivity contribution in [2.45, 2.75) is 38.3 Å². The molecule has 3 rings (SSSR count). The number of nitrogens with zero attached hydrogens (tertiary/aromatic N) is 3. The van der Waals surface area contributed by atoms with Crippen molar-refractivity contribution in [2.24, 2.45) is 5.41 Å². The predicted molar refractivity (Wildman–Crippen MR) is 88.6 cm³/mol. The molecule has 0 saturated heterocycles. The lowest BCUT2D eigenvalue weighted by atomic mass is 10.0. The lowest BCUT2D eigenvalue weighted by molar-refractivity contribution is -0.190. The van der Waals surface area contributed by atoms with Gasteiger partial charge >= 0.3 is 6.18 Å². The van der Waals surface area contributed by atoms with Crippen LogP contribution in [-0.4, -0.2) is 33.8 Å². The van der Waals surface area contributed by atoms with Gasteiger partial charge in [0.2, 0.25) is 5.88 Å². The van der Waals surface area contributed by atoms with E-state index >= 15 is 0 Å². The Hall–Kier alpha value is -2.09. The van der Waals surface area contributed by atoms with Crippen LogP contribution in [0.2, 0.25) is 5.15 Å². The monoisotopic (exact) mass is 387 g/mol. The zero-order chi connectivity index (χ0) is 18.8. The van der Waals surface area contributed by atoms with Crippen molar-refractivity contribution in [2.75, 3.05) is 6.61 Å². The van der Waals surface area contributed by atoms with E-state index in [0.717, 1.165) is 11.8 Å². The van der Waals surface area contributed by atoms with Gasteiger partial charge < -0.3 is 9.53 Å². The highest BCUT2D eigenvalue weighted by Crippen LogP contribution is 2.59.